The van der Waals surface area contributed by atoms with Gasteiger partial charge in [-0.05, 0) is 38.2 Å². The van der Waals surface area contributed by atoms with E-state index in [2.05, 4.69) is 9.97 Å². The molecule has 2 unspecified atom stereocenters. The van der Waals surface area contributed by atoms with Crippen molar-refractivity contribution in [1.29, 1.82) is 0 Å². The van der Waals surface area contributed by atoms with E-state index in [1.54, 1.807) is 6.92 Å². The molecule has 0 bridgehead atoms. The maximum absolute atomic E-state index is 11.0. The number of aryl methyl sites for hydroxylation is 2. The molecule has 1 aliphatic rings. The predicted molar refractivity (Wildman–Crippen MR) is 74.6 cm³/mol. The minimum absolute atomic E-state index is 0.412. The summed E-state index contributed by atoms with van der Waals surface area (Å²) in [5.41, 5.74) is 2.77. The molecule has 2 rings (SSSR count). The number of aromatic nitrogens is 2. The molecule has 0 aromatic carbocycles. The maximum Gasteiger partial charge on any atom is 0.306 e. The fraction of sp³-hybridized carbons (Fsp3) is 0.667. The second-order valence-corrected chi connectivity index (χ2v) is 5.67. The van der Waals surface area contributed by atoms with Crippen LogP contribution in [0.2, 0.25) is 0 Å². The van der Waals surface area contributed by atoms with Crippen LogP contribution in [0.1, 0.15) is 36.1 Å². The average molecular weight is 278 g/mol. The average Bonchev–Trinajstić information content (AvgIpc) is 2.86. The summed E-state index contributed by atoms with van der Waals surface area (Å²) < 4.78 is 5.37. The highest BCUT2D eigenvalue weighted by atomic mass is 16.5. The second-order valence-electron chi connectivity index (χ2n) is 5.67. The molecule has 1 saturated heterocycles. The lowest BCUT2D eigenvalue weighted by Gasteiger charge is -2.14. The Labute approximate surface area is 119 Å². The topological polar surface area (TPSA) is 72.3 Å². The Morgan fingerprint density at radius 2 is 2.05 bits per heavy atom. The summed E-state index contributed by atoms with van der Waals surface area (Å²) in [5.74, 6) is 0.167. The molecule has 5 heteroatoms. The van der Waals surface area contributed by atoms with Crippen LogP contribution in [0.15, 0.2) is 0 Å². The van der Waals surface area contributed by atoms with Crippen molar-refractivity contribution in [3.8, 4) is 0 Å². The summed E-state index contributed by atoms with van der Waals surface area (Å²) in [5, 5.41) is 9.01. The van der Waals surface area contributed by atoms with Crippen LogP contribution < -0.4 is 0 Å². The van der Waals surface area contributed by atoms with E-state index >= 15 is 0 Å². The number of hydrogen-bond donors (Lipinski definition) is 1. The molecular formula is C15H22N2O3. The Balaban J connectivity index is 2.13. The van der Waals surface area contributed by atoms with Gasteiger partial charge < -0.3 is 9.84 Å². The van der Waals surface area contributed by atoms with Crippen molar-refractivity contribution in [3.05, 3.63) is 22.8 Å². The molecule has 0 aliphatic carbocycles. The number of carbonyl (C=O) groups is 1. The molecule has 1 fully saturated rings. The first-order chi connectivity index (χ1) is 9.47. The van der Waals surface area contributed by atoms with Gasteiger partial charge in [0.1, 0.15) is 5.82 Å². The van der Waals surface area contributed by atoms with Gasteiger partial charge in [-0.2, -0.15) is 0 Å². The van der Waals surface area contributed by atoms with Crippen LogP contribution in [-0.2, 0) is 22.4 Å². The van der Waals surface area contributed by atoms with E-state index in [-0.39, 0.29) is 0 Å². The summed E-state index contributed by atoms with van der Waals surface area (Å²) in [6.45, 7) is 7.21. The third-order valence-electron chi connectivity index (χ3n) is 3.89. The van der Waals surface area contributed by atoms with Crippen molar-refractivity contribution in [2.45, 2.75) is 40.0 Å². The summed E-state index contributed by atoms with van der Waals surface area (Å²) in [6, 6.07) is 0. The molecule has 2 atom stereocenters. The molecule has 0 spiro atoms. The summed E-state index contributed by atoms with van der Waals surface area (Å²) in [4.78, 5) is 20.1. The lowest BCUT2D eigenvalue weighted by molar-refractivity contribution is -0.141. The Morgan fingerprint density at radius 3 is 2.55 bits per heavy atom. The number of nitrogens with zero attached hydrogens (tertiary/aromatic N) is 2. The number of rotatable bonds is 5. The highest BCUT2D eigenvalue weighted by Crippen LogP contribution is 2.20. The molecule has 1 N–H and O–H groups in total. The van der Waals surface area contributed by atoms with E-state index in [1.165, 1.54) is 0 Å². The van der Waals surface area contributed by atoms with Gasteiger partial charge in [-0.25, -0.2) is 9.97 Å². The molecular weight excluding hydrogens is 256 g/mol. The monoisotopic (exact) mass is 278 g/mol. The van der Waals surface area contributed by atoms with Crippen LogP contribution >= 0.6 is 0 Å². The van der Waals surface area contributed by atoms with Crippen molar-refractivity contribution in [2.24, 2.45) is 11.8 Å². The molecule has 110 valence electrons. The molecule has 0 saturated carbocycles. The third kappa shape index (κ3) is 3.54. The van der Waals surface area contributed by atoms with Gasteiger partial charge in [-0.1, -0.05) is 6.92 Å². The first kappa shape index (κ1) is 14.9. The van der Waals surface area contributed by atoms with Crippen LogP contribution in [0.3, 0.4) is 0 Å². The summed E-state index contributed by atoms with van der Waals surface area (Å²) in [7, 11) is 0. The molecule has 1 aromatic rings. The zero-order valence-electron chi connectivity index (χ0n) is 12.3. The van der Waals surface area contributed by atoms with Gasteiger partial charge in [-0.3, -0.25) is 4.79 Å². The lowest BCUT2D eigenvalue weighted by atomic mass is 9.98. The van der Waals surface area contributed by atoms with E-state index in [0.717, 1.165) is 48.8 Å². The van der Waals surface area contributed by atoms with E-state index in [4.69, 9.17) is 9.84 Å². The molecule has 1 aromatic heterocycles. The smallest absolute Gasteiger partial charge is 0.306 e. The van der Waals surface area contributed by atoms with Gasteiger partial charge in [-0.15, -0.1) is 0 Å². The zero-order chi connectivity index (χ0) is 14.7. The van der Waals surface area contributed by atoms with Crippen molar-refractivity contribution in [3.63, 3.8) is 0 Å². The SMILES string of the molecule is Cc1nc(CC2CCOC2)nc(C)c1CC(C)C(=O)O. The van der Waals surface area contributed by atoms with Crippen molar-refractivity contribution < 1.29 is 14.6 Å². The Kier molecular flexibility index (Phi) is 4.70. The summed E-state index contributed by atoms with van der Waals surface area (Å²) in [6.07, 6.45) is 2.40. The van der Waals surface area contributed by atoms with Crippen LogP contribution in [0, 0.1) is 25.7 Å². The highest BCUT2D eigenvalue weighted by molar-refractivity contribution is 5.70. The van der Waals surface area contributed by atoms with E-state index < -0.39 is 11.9 Å². The minimum Gasteiger partial charge on any atom is -0.481 e. The first-order valence-corrected chi connectivity index (χ1v) is 7.11. The van der Waals surface area contributed by atoms with E-state index in [9.17, 15) is 4.79 Å². The fourth-order valence-corrected chi connectivity index (χ4v) is 2.59. The van der Waals surface area contributed by atoms with Crippen LogP contribution in [0.25, 0.3) is 0 Å². The molecule has 0 amide bonds. The molecule has 1 aliphatic heterocycles. The molecule has 0 radical (unpaired) electrons. The molecule has 20 heavy (non-hydrogen) atoms. The van der Waals surface area contributed by atoms with Crippen LogP contribution in [0.4, 0.5) is 0 Å². The van der Waals surface area contributed by atoms with Crippen molar-refractivity contribution in [2.75, 3.05) is 13.2 Å². The van der Waals surface area contributed by atoms with Crippen molar-refractivity contribution >= 4 is 5.97 Å². The number of hydrogen-bond acceptors (Lipinski definition) is 4. The third-order valence-corrected chi connectivity index (χ3v) is 3.89. The van der Waals surface area contributed by atoms with Gasteiger partial charge in [0, 0.05) is 31.0 Å². The largest absolute Gasteiger partial charge is 0.481 e. The summed E-state index contributed by atoms with van der Waals surface area (Å²) >= 11 is 0. The Morgan fingerprint density at radius 1 is 1.40 bits per heavy atom. The van der Waals surface area contributed by atoms with Crippen molar-refractivity contribution in [1.82, 2.24) is 9.97 Å². The minimum atomic E-state index is -0.781. The second kappa shape index (κ2) is 6.31. The van der Waals surface area contributed by atoms with Gasteiger partial charge in [0.05, 0.1) is 5.92 Å². The number of carboxylic acids is 1. The number of carboxylic acid groups (broad SMARTS) is 1. The molecule has 5 nitrogen and oxygen atoms in total. The highest BCUT2D eigenvalue weighted by Gasteiger charge is 2.20. The quantitative estimate of drug-likeness (QED) is 0.891. The van der Waals surface area contributed by atoms with Crippen LogP contribution in [-0.4, -0.2) is 34.3 Å². The van der Waals surface area contributed by atoms with Gasteiger partial charge in [0.15, 0.2) is 0 Å². The van der Waals surface area contributed by atoms with Gasteiger partial charge in [0.25, 0.3) is 0 Å². The predicted octanol–water partition coefficient (Wildman–Crippen LogP) is 1.94. The standard InChI is InChI=1S/C15H22N2O3/c1-9(15(18)19)6-13-10(2)16-14(17-11(13)3)7-12-4-5-20-8-12/h9,12H,4-8H2,1-3H3,(H,18,19). The number of aliphatic carboxylic acids is 1. The number of ether oxygens (including phenoxy) is 1. The fourth-order valence-electron chi connectivity index (χ4n) is 2.59. The van der Waals surface area contributed by atoms with E-state index in [1.807, 2.05) is 13.8 Å². The zero-order valence-corrected chi connectivity index (χ0v) is 12.3. The maximum atomic E-state index is 11.0. The van der Waals surface area contributed by atoms with E-state index in [0.29, 0.717) is 12.3 Å². The van der Waals surface area contributed by atoms with Crippen LogP contribution in [0.5, 0.6) is 0 Å². The van der Waals surface area contributed by atoms with Gasteiger partial charge in [0.2, 0.25) is 0 Å². The first-order valence-electron chi connectivity index (χ1n) is 7.11. The Hall–Kier alpha value is -1.49. The van der Waals surface area contributed by atoms with Gasteiger partial charge >= 0.3 is 5.97 Å². The Bertz CT molecular complexity index is 473. The normalized spacial score (nSPS) is 20.1. The molecule has 2 heterocycles. The lowest BCUT2D eigenvalue weighted by Crippen LogP contribution is -2.16.